The highest BCUT2D eigenvalue weighted by molar-refractivity contribution is 5.95. The van der Waals surface area contributed by atoms with E-state index in [-0.39, 0.29) is 17.7 Å². The molecule has 0 unspecified atom stereocenters. The lowest BCUT2D eigenvalue weighted by atomic mass is 10.1. The van der Waals surface area contributed by atoms with Crippen molar-refractivity contribution >= 4 is 34.2 Å². The molecular formula is C28H38N6O3. The van der Waals surface area contributed by atoms with Gasteiger partial charge in [0, 0.05) is 49.9 Å². The number of hydrogen-bond donors (Lipinski definition) is 2. The number of likely N-dealkylation sites (N-methyl/N-ethyl adjacent to an activating group) is 1. The molecule has 1 fully saturated rings. The number of phenolic OH excluding ortho intramolecular Hbond substituents is 1. The number of piperazine rings is 1. The van der Waals surface area contributed by atoms with Crippen LogP contribution in [0.4, 0.5) is 5.69 Å². The molecule has 0 radical (unpaired) electrons. The Kier molecular flexibility index (Phi) is 10.1. The minimum absolute atomic E-state index is 0.0364. The maximum absolute atomic E-state index is 12.1. The van der Waals surface area contributed by atoms with E-state index in [0.717, 1.165) is 28.8 Å². The van der Waals surface area contributed by atoms with E-state index in [1.165, 1.54) is 0 Å². The van der Waals surface area contributed by atoms with E-state index < -0.39 is 0 Å². The monoisotopic (exact) mass is 506 g/mol. The smallest absolute Gasteiger partial charge is 0.318 e. The highest BCUT2D eigenvalue weighted by Gasteiger charge is 2.20. The van der Waals surface area contributed by atoms with Crippen molar-refractivity contribution in [3.05, 3.63) is 60.8 Å². The molecule has 1 amide bonds. The second-order valence-corrected chi connectivity index (χ2v) is 9.15. The van der Waals surface area contributed by atoms with Gasteiger partial charge in [0.05, 0.1) is 12.2 Å². The number of nitrogens with zero attached hydrogens (tertiary/aromatic N) is 5. The van der Waals surface area contributed by atoms with Gasteiger partial charge in [0.1, 0.15) is 18.2 Å². The van der Waals surface area contributed by atoms with Gasteiger partial charge in [0.15, 0.2) is 0 Å². The Labute approximate surface area is 219 Å². The summed E-state index contributed by atoms with van der Waals surface area (Å²) in [6, 6.07) is 11.5. The van der Waals surface area contributed by atoms with Crippen LogP contribution in [0, 0.1) is 0 Å². The van der Waals surface area contributed by atoms with Crippen LogP contribution >= 0.6 is 0 Å². The van der Waals surface area contributed by atoms with E-state index in [2.05, 4.69) is 26.8 Å². The van der Waals surface area contributed by atoms with Gasteiger partial charge in [-0.1, -0.05) is 36.9 Å². The molecule has 1 saturated heterocycles. The number of aliphatic imine (C=N–C) groups is 2. The van der Waals surface area contributed by atoms with Crippen LogP contribution in [0.3, 0.4) is 0 Å². The molecule has 9 nitrogen and oxygen atoms in total. The molecule has 37 heavy (non-hydrogen) atoms. The number of carbonyl (C=O) groups excluding carboxylic acids is 1. The Morgan fingerprint density at radius 2 is 1.86 bits per heavy atom. The number of hydrogen-bond acceptors (Lipinski definition) is 6. The first-order valence-corrected chi connectivity index (χ1v) is 12.5. The quantitative estimate of drug-likeness (QED) is 0.323. The highest BCUT2D eigenvalue weighted by Crippen LogP contribution is 2.28. The number of allylic oxidation sites excluding steroid dienone is 1. The summed E-state index contributed by atoms with van der Waals surface area (Å²) in [4.78, 5) is 27.3. The Morgan fingerprint density at radius 1 is 1.16 bits per heavy atom. The molecular weight excluding hydrogens is 468 g/mol. The molecule has 0 spiro atoms. The number of fused-ring (bicyclic) bond motifs is 1. The van der Waals surface area contributed by atoms with Gasteiger partial charge in [-0.15, -0.1) is 0 Å². The second-order valence-electron chi connectivity index (χ2n) is 9.15. The van der Waals surface area contributed by atoms with E-state index >= 15 is 0 Å². The molecule has 0 aromatic heterocycles. The summed E-state index contributed by atoms with van der Waals surface area (Å²) >= 11 is 0. The van der Waals surface area contributed by atoms with E-state index in [1.54, 1.807) is 24.3 Å². The molecule has 0 saturated carbocycles. The van der Waals surface area contributed by atoms with Crippen LogP contribution in [0.5, 0.6) is 5.75 Å². The van der Waals surface area contributed by atoms with Crippen LogP contribution in [0.15, 0.2) is 70.8 Å². The summed E-state index contributed by atoms with van der Waals surface area (Å²) in [5.74, 6) is 1.01. The number of ether oxygens (including phenoxy) is 1. The molecule has 2 aromatic carbocycles. The molecule has 1 heterocycles. The van der Waals surface area contributed by atoms with Crippen LogP contribution in [-0.2, 0) is 9.53 Å². The molecule has 1 aliphatic rings. The first-order valence-electron chi connectivity index (χ1n) is 12.5. The number of carbonyl (C=O) groups is 1. The van der Waals surface area contributed by atoms with Crippen LogP contribution in [0.25, 0.3) is 10.8 Å². The van der Waals surface area contributed by atoms with Crippen LogP contribution < -0.4 is 5.32 Å². The van der Waals surface area contributed by atoms with E-state index in [1.807, 2.05) is 62.0 Å². The molecule has 3 rings (SSSR count). The van der Waals surface area contributed by atoms with Crippen LogP contribution in [-0.4, -0.2) is 97.5 Å². The average molecular weight is 507 g/mol. The lowest BCUT2D eigenvalue weighted by molar-refractivity contribution is -0.127. The molecule has 2 aromatic rings. The molecule has 0 atom stereocenters. The van der Waals surface area contributed by atoms with Gasteiger partial charge < -0.3 is 29.9 Å². The number of amides is 1. The largest absolute Gasteiger partial charge is 0.508 e. The lowest BCUT2D eigenvalue weighted by Gasteiger charge is -2.35. The van der Waals surface area contributed by atoms with Crippen molar-refractivity contribution in [2.45, 2.75) is 13.8 Å². The van der Waals surface area contributed by atoms with Crippen molar-refractivity contribution in [2.24, 2.45) is 9.98 Å². The summed E-state index contributed by atoms with van der Waals surface area (Å²) in [7, 11) is 3.96. The fourth-order valence-electron chi connectivity index (χ4n) is 3.93. The third-order valence-electron chi connectivity index (χ3n) is 5.97. The summed E-state index contributed by atoms with van der Waals surface area (Å²) in [5.41, 5.74) is 1.35. The third-order valence-corrected chi connectivity index (χ3v) is 5.97. The van der Waals surface area contributed by atoms with Gasteiger partial charge in [-0.3, -0.25) is 4.79 Å². The van der Waals surface area contributed by atoms with Gasteiger partial charge in [0.25, 0.3) is 0 Å². The highest BCUT2D eigenvalue weighted by atomic mass is 16.5. The Balaban J connectivity index is 1.69. The zero-order valence-corrected chi connectivity index (χ0v) is 22.3. The zero-order chi connectivity index (χ0) is 26.8. The number of phenols is 1. The number of rotatable bonds is 8. The minimum Gasteiger partial charge on any atom is -0.508 e. The Hall–Kier alpha value is -3.85. The van der Waals surface area contributed by atoms with E-state index in [9.17, 15) is 9.90 Å². The van der Waals surface area contributed by atoms with Crippen molar-refractivity contribution in [1.29, 1.82) is 0 Å². The normalized spacial score (nSPS) is 15.1. The number of amidine groups is 2. The number of benzene rings is 2. The molecule has 2 N–H and O–H groups in total. The predicted molar refractivity (Wildman–Crippen MR) is 151 cm³/mol. The SMILES string of the molecule is C=C(CNc1cc(O)cc2ccccc12)N=C(/N=C(\C)N1CCN(C(=O)/C=C/C)CC1)OCCN(C)C. The number of anilines is 1. The number of nitrogens with one attached hydrogen (secondary N) is 1. The summed E-state index contributed by atoms with van der Waals surface area (Å²) in [6.45, 7) is 12.0. The molecule has 198 valence electrons. The van der Waals surface area contributed by atoms with Gasteiger partial charge in [-0.25, -0.2) is 0 Å². The lowest BCUT2D eigenvalue weighted by Crippen LogP contribution is -2.49. The van der Waals surface area contributed by atoms with Gasteiger partial charge in [0.2, 0.25) is 5.91 Å². The second kappa shape index (κ2) is 13.5. The summed E-state index contributed by atoms with van der Waals surface area (Å²) in [5, 5.41) is 15.4. The van der Waals surface area contributed by atoms with E-state index in [0.29, 0.717) is 45.0 Å². The van der Waals surface area contributed by atoms with Gasteiger partial charge >= 0.3 is 6.02 Å². The Bertz CT molecular complexity index is 1180. The van der Waals surface area contributed by atoms with E-state index in [4.69, 9.17) is 4.74 Å². The predicted octanol–water partition coefficient (Wildman–Crippen LogP) is 3.54. The van der Waals surface area contributed by atoms with Crippen molar-refractivity contribution in [3.63, 3.8) is 0 Å². The first-order chi connectivity index (χ1) is 17.8. The van der Waals surface area contributed by atoms with Crippen molar-refractivity contribution in [3.8, 4) is 5.75 Å². The number of aromatic hydroxyl groups is 1. The maximum Gasteiger partial charge on any atom is 0.318 e. The van der Waals surface area contributed by atoms with Crippen molar-refractivity contribution in [2.75, 3.05) is 65.3 Å². The van der Waals surface area contributed by atoms with Crippen molar-refractivity contribution in [1.82, 2.24) is 14.7 Å². The fraction of sp³-hybridized carbons (Fsp3) is 0.393. The van der Waals surface area contributed by atoms with Gasteiger partial charge in [-0.05, 0) is 45.5 Å². The summed E-state index contributed by atoms with van der Waals surface area (Å²) < 4.78 is 5.91. The van der Waals surface area contributed by atoms with Crippen molar-refractivity contribution < 1.29 is 14.6 Å². The maximum atomic E-state index is 12.1. The van der Waals surface area contributed by atoms with Gasteiger partial charge in [-0.2, -0.15) is 9.98 Å². The summed E-state index contributed by atoms with van der Waals surface area (Å²) in [6.07, 6.45) is 3.36. The average Bonchev–Trinajstić information content (AvgIpc) is 2.87. The van der Waals surface area contributed by atoms with Crippen LogP contribution in [0.2, 0.25) is 0 Å². The third kappa shape index (κ3) is 8.35. The zero-order valence-electron chi connectivity index (χ0n) is 22.3. The first kappa shape index (κ1) is 27.7. The standard InChI is InChI=1S/C28H38N6O3/c1-6-9-27(36)34-14-12-33(13-15-34)22(3)31-28(37-17-16-32(4)5)30-21(2)20-29-26-19-24(35)18-23-10-7-8-11-25(23)26/h6-11,18-19,29,35H,2,12-17,20H2,1,3-5H3/b9-6+,30-28?,31-22+. The molecule has 0 bridgehead atoms. The molecule has 9 heteroatoms. The van der Waals surface area contributed by atoms with Crippen LogP contribution in [0.1, 0.15) is 13.8 Å². The minimum atomic E-state index is 0.0364. The topological polar surface area (TPSA) is 93.0 Å². The molecule has 1 aliphatic heterocycles. The Morgan fingerprint density at radius 3 is 2.57 bits per heavy atom. The fourth-order valence-corrected chi connectivity index (χ4v) is 3.93. The molecule has 0 aliphatic carbocycles.